The predicted molar refractivity (Wildman–Crippen MR) is 98.2 cm³/mol. The SMILES string of the molecule is CC(C)(O)COc1ccc(N2CCN(C(=O)OC(C)(C)C)CC2)c(F)c1. The van der Waals surface area contributed by atoms with Crippen molar-refractivity contribution in [3.63, 3.8) is 0 Å². The van der Waals surface area contributed by atoms with Crippen LogP contribution in [0.25, 0.3) is 0 Å². The topological polar surface area (TPSA) is 62.2 Å². The number of piperazine rings is 1. The molecule has 1 heterocycles. The number of carbonyl (C=O) groups excluding carboxylic acids is 1. The fourth-order valence-electron chi connectivity index (χ4n) is 2.55. The van der Waals surface area contributed by atoms with E-state index in [1.54, 1.807) is 30.9 Å². The fraction of sp³-hybridized carbons (Fsp3) is 0.632. The minimum absolute atomic E-state index is 0.0837. The summed E-state index contributed by atoms with van der Waals surface area (Å²) in [4.78, 5) is 15.6. The highest BCUT2D eigenvalue weighted by Crippen LogP contribution is 2.26. The summed E-state index contributed by atoms with van der Waals surface area (Å²) >= 11 is 0. The lowest BCUT2D eigenvalue weighted by Gasteiger charge is -2.36. The normalized spacial score (nSPS) is 15.8. The zero-order chi connectivity index (χ0) is 19.5. The molecule has 1 fully saturated rings. The van der Waals surface area contributed by atoms with Crippen molar-refractivity contribution in [2.45, 2.75) is 45.8 Å². The Morgan fingerprint density at radius 1 is 1.15 bits per heavy atom. The maximum absolute atomic E-state index is 14.4. The molecular formula is C19H29FN2O4. The first-order valence-corrected chi connectivity index (χ1v) is 8.82. The zero-order valence-corrected chi connectivity index (χ0v) is 16.2. The van der Waals surface area contributed by atoms with Gasteiger partial charge in [-0.15, -0.1) is 0 Å². The van der Waals surface area contributed by atoms with Gasteiger partial charge >= 0.3 is 6.09 Å². The van der Waals surface area contributed by atoms with Gasteiger partial charge in [-0.2, -0.15) is 0 Å². The molecule has 0 saturated carbocycles. The van der Waals surface area contributed by atoms with Crippen LogP contribution in [0.15, 0.2) is 18.2 Å². The van der Waals surface area contributed by atoms with Crippen LogP contribution in [0.2, 0.25) is 0 Å². The van der Waals surface area contributed by atoms with Gasteiger partial charge in [-0.05, 0) is 46.8 Å². The van der Waals surface area contributed by atoms with Crippen molar-refractivity contribution < 1.29 is 23.8 Å². The Morgan fingerprint density at radius 2 is 1.77 bits per heavy atom. The number of carbonyl (C=O) groups is 1. The molecule has 0 bridgehead atoms. The van der Waals surface area contributed by atoms with E-state index in [0.29, 0.717) is 37.6 Å². The number of benzene rings is 1. The first-order chi connectivity index (χ1) is 11.9. The van der Waals surface area contributed by atoms with Gasteiger partial charge in [-0.1, -0.05) is 0 Å². The highest BCUT2D eigenvalue weighted by molar-refractivity contribution is 5.68. The minimum atomic E-state index is -0.979. The summed E-state index contributed by atoms with van der Waals surface area (Å²) < 4.78 is 25.2. The maximum atomic E-state index is 14.4. The van der Waals surface area contributed by atoms with Crippen LogP contribution >= 0.6 is 0 Å². The third-order valence-electron chi connectivity index (χ3n) is 3.78. The molecule has 1 N–H and O–H groups in total. The Balaban J connectivity index is 1.94. The van der Waals surface area contributed by atoms with E-state index in [0.717, 1.165) is 0 Å². The standard InChI is InChI=1S/C19H29FN2O4/c1-18(2,3)26-17(23)22-10-8-21(9-11-22)16-7-6-14(12-15(16)20)25-13-19(4,5)24/h6-7,12,24H,8-11,13H2,1-5H3. The second-order valence-electron chi connectivity index (χ2n) is 8.17. The summed E-state index contributed by atoms with van der Waals surface area (Å²) in [5.41, 5.74) is -1.03. The molecule has 0 radical (unpaired) electrons. The molecule has 1 aliphatic heterocycles. The molecule has 0 spiro atoms. The van der Waals surface area contributed by atoms with Gasteiger partial charge in [-0.25, -0.2) is 9.18 Å². The number of amides is 1. The molecule has 0 aliphatic carbocycles. The lowest BCUT2D eigenvalue weighted by Crippen LogP contribution is -2.50. The quantitative estimate of drug-likeness (QED) is 0.885. The Hall–Kier alpha value is -2.02. The molecule has 2 rings (SSSR count). The van der Waals surface area contributed by atoms with Gasteiger partial charge in [0.2, 0.25) is 0 Å². The molecule has 1 aromatic rings. The summed E-state index contributed by atoms with van der Waals surface area (Å²) in [7, 11) is 0. The van der Waals surface area contributed by atoms with Crippen LogP contribution in [0.4, 0.5) is 14.9 Å². The molecule has 0 atom stereocenters. The van der Waals surface area contributed by atoms with Crippen molar-refractivity contribution in [2.24, 2.45) is 0 Å². The number of rotatable bonds is 4. The maximum Gasteiger partial charge on any atom is 0.410 e. The van der Waals surface area contributed by atoms with Crippen LogP contribution in [0.1, 0.15) is 34.6 Å². The first kappa shape index (κ1) is 20.3. The Kier molecular flexibility index (Phi) is 6.01. The number of halogens is 1. The van der Waals surface area contributed by atoms with Gasteiger partial charge in [0.05, 0.1) is 11.3 Å². The molecular weight excluding hydrogens is 339 g/mol. The van der Waals surface area contributed by atoms with Crippen LogP contribution in [0.3, 0.4) is 0 Å². The largest absolute Gasteiger partial charge is 0.491 e. The van der Waals surface area contributed by atoms with Crippen molar-refractivity contribution in [2.75, 3.05) is 37.7 Å². The van der Waals surface area contributed by atoms with E-state index in [4.69, 9.17) is 9.47 Å². The predicted octanol–water partition coefficient (Wildman–Crippen LogP) is 3.03. The van der Waals surface area contributed by atoms with E-state index in [2.05, 4.69) is 0 Å². The third kappa shape index (κ3) is 6.05. The van der Waals surface area contributed by atoms with E-state index in [1.807, 2.05) is 25.7 Å². The molecule has 1 amide bonds. The lowest BCUT2D eigenvalue weighted by molar-refractivity contribution is 0.0239. The highest BCUT2D eigenvalue weighted by Gasteiger charge is 2.27. The smallest absolute Gasteiger partial charge is 0.410 e. The monoisotopic (exact) mass is 368 g/mol. The van der Waals surface area contributed by atoms with Gasteiger partial charge in [0, 0.05) is 32.2 Å². The van der Waals surface area contributed by atoms with Gasteiger partial charge in [0.1, 0.15) is 23.8 Å². The van der Waals surface area contributed by atoms with Gasteiger partial charge in [0.25, 0.3) is 0 Å². The number of anilines is 1. The second-order valence-corrected chi connectivity index (χ2v) is 8.17. The van der Waals surface area contributed by atoms with Crippen LogP contribution in [-0.2, 0) is 4.74 Å². The van der Waals surface area contributed by atoms with Gasteiger partial charge in [-0.3, -0.25) is 0 Å². The summed E-state index contributed by atoms with van der Waals surface area (Å²) in [5.74, 6) is -0.00951. The van der Waals surface area contributed by atoms with Crippen molar-refractivity contribution >= 4 is 11.8 Å². The van der Waals surface area contributed by atoms with Crippen molar-refractivity contribution in [1.29, 1.82) is 0 Å². The van der Waals surface area contributed by atoms with E-state index in [1.165, 1.54) is 6.07 Å². The number of nitrogens with zero attached hydrogens (tertiary/aromatic N) is 2. The minimum Gasteiger partial charge on any atom is -0.491 e. The Morgan fingerprint density at radius 3 is 2.27 bits per heavy atom. The number of ether oxygens (including phenoxy) is 2. The van der Waals surface area contributed by atoms with Gasteiger partial charge < -0.3 is 24.4 Å². The summed E-state index contributed by atoms with van der Waals surface area (Å²) in [5, 5.41) is 9.68. The van der Waals surface area contributed by atoms with E-state index < -0.39 is 11.2 Å². The molecule has 26 heavy (non-hydrogen) atoms. The molecule has 6 nitrogen and oxygen atoms in total. The van der Waals surface area contributed by atoms with Crippen molar-refractivity contribution in [3.05, 3.63) is 24.0 Å². The summed E-state index contributed by atoms with van der Waals surface area (Å²) in [6.45, 7) is 10.8. The van der Waals surface area contributed by atoms with Gasteiger partial charge in [0.15, 0.2) is 0 Å². The molecule has 7 heteroatoms. The van der Waals surface area contributed by atoms with E-state index >= 15 is 0 Å². The van der Waals surface area contributed by atoms with Crippen LogP contribution in [0, 0.1) is 5.82 Å². The van der Waals surface area contributed by atoms with E-state index in [-0.39, 0.29) is 18.5 Å². The molecule has 1 aromatic carbocycles. The van der Waals surface area contributed by atoms with Crippen molar-refractivity contribution in [3.8, 4) is 5.75 Å². The number of aliphatic hydroxyl groups is 1. The first-order valence-electron chi connectivity index (χ1n) is 8.82. The average Bonchev–Trinajstić information content (AvgIpc) is 2.51. The molecule has 0 aromatic heterocycles. The fourth-order valence-corrected chi connectivity index (χ4v) is 2.55. The van der Waals surface area contributed by atoms with Crippen molar-refractivity contribution in [1.82, 2.24) is 4.90 Å². The van der Waals surface area contributed by atoms with Crippen LogP contribution in [-0.4, -0.2) is 60.1 Å². The van der Waals surface area contributed by atoms with Crippen LogP contribution < -0.4 is 9.64 Å². The number of hydrogen-bond acceptors (Lipinski definition) is 5. The third-order valence-corrected chi connectivity index (χ3v) is 3.78. The lowest BCUT2D eigenvalue weighted by atomic mass is 10.1. The molecule has 146 valence electrons. The molecule has 1 aliphatic rings. The highest BCUT2D eigenvalue weighted by atomic mass is 19.1. The summed E-state index contributed by atoms with van der Waals surface area (Å²) in [6.07, 6.45) is -0.340. The zero-order valence-electron chi connectivity index (χ0n) is 16.2. The van der Waals surface area contributed by atoms with E-state index in [9.17, 15) is 14.3 Å². The summed E-state index contributed by atoms with van der Waals surface area (Å²) in [6, 6.07) is 4.67. The van der Waals surface area contributed by atoms with Crippen LogP contribution in [0.5, 0.6) is 5.75 Å². The Labute approximate surface area is 154 Å². The second kappa shape index (κ2) is 7.70. The molecule has 0 unspecified atom stereocenters. The average molecular weight is 368 g/mol. The number of hydrogen-bond donors (Lipinski definition) is 1. The molecule has 1 saturated heterocycles. The Bertz CT molecular complexity index is 629.